The second kappa shape index (κ2) is 15.5. The second-order valence-corrected chi connectivity index (χ2v) is 13.4. The van der Waals surface area contributed by atoms with Gasteiger partial charge in [-0.25, -0.2) is 14.4 Å². The van der Waals surface area contributed by atoms with Crippen LogP contribution in [0.3, 0.4) is 0 Å². The number of benzene rings is 1. The number of nitrogens with zero attached hydrogens (tertiary/aromatic N) is 4. The highest BCUT2D eigenvalue weighted by molar-refractivity contribution is 6.30. The monoisotopic (exact) mass is 665 g/mol. The number of piperidine rings is 1. The lowest BCUT2D eigenvalue weighted by Crippen LogP contribution is -2.55. The van der Waals surface area contributed by atoms with Gasteiger partial charge < -0.3 is 45.4 Å². The zero-order valence-electron chi connectivity index (χ0n) is 25.8. The predicted molar refractivity (Wildman–Crippen MR) is 168 cm³/mol. The molecule has 3 fully saturated rings. The summed E-state index contributed by atoms with van der Waals surface area (Å²) in [5.41, 5.74) is 0.639. The second-order valence-electron chi connectivity index (χ2n) is 13.0. The fourth-order valence-electron chi connectivity index (χ4n) is 6.86. The van der Waals surface area contributed by atoms with E-state index in [2.05, 4.69) is 20.2 Å². The van der Waals surface area contributed by atoms with Crippen LogP contribution in [0.2, 0.25) is 5.02 Å². The van der Waals surface area contributed by atoms with Gasteiger partial charge in [-0.3, -0.25) is 4.79 Å². The third-order valence-electron chi connectivity index (χ3n) is 10.0. The Balaban J connectivity index is 0.977. The molecule has 3 aliphatic rings. The van der Waals surface area contributed by atoms with Gasteiger partial charge in [-0.05, 0) is 55.1 Å². The molecule has 1 aliphatic carbocycles. The Hall–Kier alpha value is -2.65. The predicted octanol–water partition coefficient (Wildman–Crippen LogP) is 0.761. The van der Waals surface area contributed by atoms with E-state index < -0.39 is 36.8 Å². The van der Waals surface area contributed by atoms with E-state index in [4.69, 9.17) is 21.4 Å². The summed E-state index contributed by atoms with van der Waals surface area (Å²) in [6.45, 7) is 2.99. The molecule has 1 aromatic heterocycles. The smallest absolute Gasteiger partial charge is 0.227 e. The molecule has 5 unspecified atom stereocenters. The molecule has 1 amide bonds. The lowest BCUT2D eigenvalue weighted by atomic mass is 9.55. The summed E-state index contributed by atoms with van der Waals surface area (Å²) in [5, 5.41) is 51.3. The molecular weight excluding hydrogens is 621 g/mol. The molecule has 2 saturated heterocycles. The number of nitrogens with one attached hydrogen (secondary N) is 1. The van der Waals surface area contributed by atoms with Crippen molar-refractivity contribution in [1.82, 2.24) is 20.2 Å². The zero-order chi connectivity index (χ0) is 32.8. The van der Waals surface area contributed by atoms with Crippen molar-refractivity contribution in [1.29, 1.82) is 0 Å². The van der Waals surface area contributed by atoms with E-state index in [1.54, 1.807) is 29.4 Å². The van der Waals surface area contributed by atoms with Crippen LogP contribution in [0, 0.1) is 23.1 Å². The van der Waals surface area contributed by atoms with Gasteiger partial charge in [0, 0.05) is 51.3 Å². The quantitative estimate of drug-likeness (QED) is 0.159. The summed E-state index contributed by atoms with van der Waals surface area (Å²) >= 11 is 5.92. The molecule has 1 saturated carbocycles. The van der Waals surface area contributed by atoms with E-state index in [1.165, 1.54) is 18.9 Å². The van der Waals surface area contributed by atoms with Crippen LogP contribution in [0.4, 0.5) is 10.3 Å². The number of carbonyl (C=O) groups is 1. The van der Waals surface area contributed by atoms with Gasteiger partial charge in [0.15, 0.2) is 0 Å². The molecule has 2 aromatic rings. The average Bonchev–Trinajstić information content (AvgIpc) is 3.03. The number of amides is 1. The molecule has 3 heterocycles. The SMILES string of the molecule is O=C(Cc1ccc(OCCC2CCC23CCN(c2ncc(Cl)cn2)CC3)cc1F)N1CC(CNCC(O)C(O)C(O)C(O)CO)C1. The van der Waals surface area contributed by atoms with Crippen molar-refractivity contribution in [2.75, 3.05) is 57.4 Å². The van der Waals surface area contributed by atoms with Crippen molar-refractivity contribution in [2.45, 2.75) is 62.9 Å². The van der Waals surface area contributed by atoms with Crippen molar-refractivity contribution >= 4 is 23.5 Å². The number of hydrogen-bond acceptors (Lipinski definition) is 11. The number of aromatic nitrogens is 2. The van der Waals surface area contributed by atoms with Gasteiger partial charge in [-0.15, -0.1) is 0 Å². The molecular formula is C32H45ClFN5O7. The van der Waals surface area contributed by atoms with Crippen LogP contribution in [-0.4, -0.2) is 123 Å². The van der Waals surface area contributed by atoms with Crippen LogP contribution in [0.5, 0.6) is 5.75 Å². The summed E-state index contributed by atoms with van der Waals surface area (Å²) in [6, 6.07) is 4.67. The van der Waals surface area contributed by atoms with Crippen molar-refractivity contribution in [3.05, 3.63) is 47.0 Å². The van der Waals surface area contributed by atoms with Crippen LogP contribution >= 0.6 is 11.6 Å². The summed E-state index contributed by atoms with van der Waals surface area (Å²) in [5.74, 6) is 1.24. The molecule has 14 heteroatoms. The van der Waals surface area contributed by atoms with Crippen molar-refractivity contribution in [3.8, 4) is 5.75 Å². The number of carbonyl (C=O) groups excluding carboxylic acids is 1. The number of aliphatic hydroxyl groups excluding tert-OH is 5. The number of anilines is 1. The first-order valence-corrected chi connectivity index (χ1v) is 16.4. The van der Waals surface area contributed by atoms with Crippen LogP contribution in [0.25, 0.3) is 0 Å². The molecule has 0 bridgehead atoms. The third-order valence-corrected chi connectivity index (χ3v) is 10.2. The van der Waals surface area contributed by atoms with E-state index >= 15 is 0 Å². The normalized spacial score (nSPS) is 22.1. The number of aliphatic hydroxyl groups is 5. The molecule has 1 aromatic carbocycles. The lowest BCUT2D eigenvalue weighted by Gasteiger charge is -2.54. The van der Waals surface area contributed by atoms with E-state index in [0.29, 0.717) is 53.9 Å². The maximum Gasteiger partial charge on any atom is 0.227 e. The van der Waals surface area contributed by atoms with Crippen LogP contribution in [0.1, 0.15) is 37.7 Å². The first kappa shape index (κ1) is 34.7. The minimum atomic E-state index is -1.67. The maximum absolute atomic E-state index is 14.9. The number of halogens is 2. The summed E-state index contributed by atoms with van der Waals surface area (Å²) < 4.78 is 20.8. The summed E-state index contributed by atoms with van der Waals surface area (Å²) in [7, 11) is 0. The molecule has 0 radical (unpaired) electrons. The Kier molecular flexibility index (Phi) is 11.7. The third kappa shape index (κ3) is 8.25. The molecule has 254 valence electrons. The number of ether oxygens (including phenoxy) is 1. The van der Waals surface area contributed by atoms with Crippen LogP contribution < -0.4 is 15.0 Å². The Morgan fingerprint density at radius 2 is 1.78 bits per heavy atom. The maximum atomic E-state index is 14.9. The van der Waals surface area contributed by atoms with Crippen LogP contribution in [0.15, 0.2) is 30.6 Å². The molecule has 6 N–H and O–H groups in total. The lowest BCUT2D eigenvalue weighted by molar-refractivity contribution is -0.136. The van der Waals surface area contributed by atoms with Crippen LogP contribution in [-0.2, 0) is 11.2 Å². The van der Waals surface area contributed by atoms with Gasteiger partial charge in [-0.1, -0.05) is 17.7 Å². The molecule has 46 heavy (non-hydrogen) atoms. The Labute approximate surface area is 273 Å². The van der Waals surface area contributed by atoms with E-state index in [1.807, 2.05) is 0 Å². The van der Waals surface area contributed by atoms with Gasteiger partial charge in [0.05, 0.1) is 43.2 Å². The van der Waals surface area contributed by atoms with Gasteiger partial charge in [0.2, 0.25) is 11.9 Å². The number of hydrogen-bond donors (Lipinski definition) is 6. The minimum absolute atomic E-state index is 0.0400. The highest BCUT2D eigenvalue weighted by Gasteiger charge is 2.47. The van der Waals surface area contributed by atoms with Gasteiger partial charge in [0.25, 0.3) is 0 Å². The molecule has 2 aliphatic heterocycles. The molecule has 5 rings (SSSR count). The topological polar surface area (TPSA) is 172 Å². The minimum Gasteiger partial charge on any atom is -0.493 e. The highest BCUT2D eigenvalue weighted by atomic mass is 35.5. The average molecular weight is 666 g/mol. The Morgan fingerprint density at radius 1 is 1.09 bits per heavy atom. The number of rotatable bonds is 15. The fraction of sp³-hybridized carbons (Fsp3) is 0.656. The Morgan fingerprint density at radius 3 is 2.41 bits per heavy atom. The molecule has 1 spiro atoms. The van der Waals surface area contributed by atoms with E-state index in [0.717, 1.165) is 38.3 Å². The van der Waals surface area contributed by atoms with Crippen molar-refractivity contribution in [2.24, 2.45) is 17.3 Å². The standard InChI is InChI=1S/C32H45ClFN5O7/c33-23-14-36-31(37-15-23)38-8-6-32(7-9-38)5-3-22(32)4-10-46-24-2-1-21(25(34)12-24)11-28(43)39-17-20(18-39)13-35-16-26(41)29(44)30(45)27(42)19-40/h1-2,12,14-15,20,22,26-27,29-30,35,40-42,44-45H,3-11,13,16-19H2. The zero-order valence-corrected chi connectivity index (χ0v) is 26.6. The highest BCUT2D eigenvalue weighted by Crippen LogP contribution is 2.55. The molecule has 5 atom stereocenters. The summed E-state index contributed by atoms with van der Waals surface area (Å²) in [4.78, 5) is 25.3. The fourth-order valence-corrected chi connectivity index (χ4v) is 6.96. The van der Waals surface area contributed by atoms with Gasteiger partial charge in [-0.2, -0.15) is 0 Å². The van der Waals surface area contributed by atoms with Gasteiger partial charge >= 0.3 is 0 Å². The molecule has 12 nitrogen and oxygen atoms in total. The first-order chi connectivity index (χ1) is 22.1. The van der Waals surface area contributed by atoms with E-state index in [-0.39, 0.29) is 24.8 Å². The number of likely N-dealkylation sites (tertiary alicyclic amines) is 1. The Bertz CT molecular complexity index is 1300. The van der Waals surface area contributed by atoms with E-state index in [9.17, 15) is 29.6 Å². The largest absolute Gasteiger partial charge is 0.493 e. The first-order valence-electron chi connectivity index (χ1n) is 16.0. The van der Waals surface area contributed by atoms with Crippen molar-refractivity contribution in [3.63, 3.8) is 0 Å². The van der Waals surface area contributed by atoms with Crippen molar-refractivity contribution < 1.29 is 39.5 Å². The summed E-state index contributed by atoms with van der Waals surface area (Å²) in [6.07, 6.45) is 2.49. The van der Waals surface area contributed by atoms with Gasteiger partial charge in [0.1, 0.15) is 29.9 Å².